The van der Waals surface area contributed by atoms with E-state index >= 15 is 0 Å². The Morgan fingerprint density at radius 1 is 1.00 bits per heavy atom. The van der Waals surface area contributed by atoms with Gasteiger partial charge in [-0.15, -0.1) is 10.2 Å². The largest absolute Gasteiger partial charge is 0.269 e. The lowest BCUT2D eigenvalue weighted by Crippen LogP contribution is -2.40. The van der Waals surface area contributed by atoms with Gasteiger partial charge in [0.2, 0.25) is 5.82 Å². The first-order chi connectivity index (χ1) is 15.2. The maximum atomic E-state index is 12.2. The fraction of sp³-hybridized carbons (Fsp3) is 0.0455. The van der Waals surface area contributed by atoms with Crippen molar-refractivity contribution in [3.63, 3.8) is 0 Å². The molecular weight excluding hydrogens is 412 g/mol. The number of hydrazine groups is 1. The third-order valence-electron chi connectivity index (χ3n) is 4.29. The lowest BCUT2D eigenvalue weighted by molar-refractivity contribution is -0.117. The van der Waals surface area contributed by atoms with Gasteiger partial charge in [-0.2, -0.15) is 16.1 Å². The van der Waals surface area contributed by atoms with Gasteiger partial charge in [-0.05, 0) is 51.4 Å². The number of amides is 2. The molecular formula is C22H18N6O2S. The highest BCUT2D eigenvalue weighted by molar-refractivity contribution is 7.08. The third kappa shape index (κ3) is 5.49. The summed E-state index contributed by atoms with van der Waals surface area (Å²) in [6.07, 6.45) is 3.04. The Labute approximate surface area is 182 Å². The van der Waals surface area contributed by atoms with Crippen LogP contribution in [-0.4, -0.2) is 32.0 Å². The Morgan fingerprint density at radius 3 is 2.55 bits per heavy atom. The van der Waals surface area contributed by atoms with Crippen LogP contribution in [0.4, 0.5) is 0 Å². The molecule has 0 saturated heterocycles. The number of rotatable bonds is 6. The molecule has 0 spiro atoms. The molecule has 0 atom stereocenters. The summed E-state index contributed by atoms with van der Waals surface area (Å²) in [6.45, 7) is 0.422. The Balaban J connectivity index is 1.30. The molecule has 0 aliphatic carbocycles. The average Bonchev–Trinajstić information content (AvgIpc) is 3.49. The molecule has 0 unspecified atom stereocenters. The van der Waals surface area contributed by atoms with Crippen LogP contribution >= 0.6 is 11.3 Å². The van der Waals surface area contributed by atoms with E-state index < -0.39 is 11.8 Å². The van der Waals surface area contributed by atoms with Crippen molar-refractivity contribution in [2.24, 2.45) is 0 Å². The van der Waals surface area contributed by atoms with E-state index in [0.29, 0.717) is 17.9 Å². The van der Waals surface area contributed by atoms with Crippen molar-refractivity contribution >= 4 is 29.2 Å². The number of nitrogens with one attached hydrogen (secondary N) is 2. The van der Waals surface area contributed by atoms with Crippen LogP contribution in [0.2, 0.25) is 0 Å². The molecule has 4 aromatic rings. The van der Waals surface area contributed by atoms with Gasteiger partial charge < -0.3 is 0 Å². The van der Waals surface area contributed by atoms with Crippen molar-refractivity contribution in [2.75, 3.05) is 0 Å². The summed E-state index contributed by atoms with van der Waals surface area (Å²) in [5.74, 6) is -0.267. The Kier molecular flexibility index (Phi) is 6.24. The van der Waals surface area contributed by atoms with Crippen LogP contribution in [0, 0.1) is 0 Å². The van der Waals surface area contributed by atoms with Gasteiger partial charge in [-0.1, -0.05) is 42.5 Å². The Hall–Kier alpha value is -4.11. The van der Waals surface area contributed by atoms with Crippen molar-refractivity contribution in [3.8, 4) is 11.4 Å². The quantitative estimate of drug-likeness (QED) is 0.362. The fourth-order valence-electron chi connectivity index (χ4n) is 2.71. The van der Waals surface area contributed by atoms with Crippen LogP contribution in [-0.2, 0) is 11.3 Å². The second kappa shape index (κ2) is 9.59. The highest BCUT2D eigenvalue weighted by Gasteiger charge is 2.08. The zero-order valence-electron chi connectivity index (χ0n) is 16.3. The topological polar surface area (TPSA) is 102 Å². The molecule has 4 rings (SSSR count). The van der Waals surface area contributed by atoms with Crippen LogP contribution in [0.5, 0.6) is 0 Å². The van der Waals surface area contributed by atoms with Gasteiger partial charge in [0, 0.05) is 17.2 Å². The normalized spacial score (nSPS) is 10.8. The summed E-state index contributed by atoms with van der Waals surface area (Å²) in [6, 6.07) is 18.5. The summed E-state index contributed by atoms with van der Waals surface area (Å²) in [5, 5.41) is 16.4. The van der Waals surface area contributed by atoms with Crippen LogP contribution in [0.3, 0.4) is 0 Å². The molecule has 154 valence electrons. The Morgan fingerprint density at radius 2 is 1.81 bits per heavy atom. The third-order valence-corrected chi connectivity index (χ3v) is 5.00. The van der Waals surface area contributed by atoms with E-state index in [1.165, 1.54) is 10.9 Å². The fourth-order valence-corrected chi connectivity index (χ4v) is 3.34. The molecule has 9 heteroatoms. The van der Waals surface area contributed by atoms with E-state index in [2.05, 4.69) is 26.3 Å². The molecule has 31 heavy (non-hydrogen) atoms. The molecule has 0 radical (unpaired) electrons. The summed E-state index contributed by atoms with van der Waals surface area (Å²) >= 11 is 1.54. The summed E-state index contributed by atoms with van der Waals surface area (Å²) < 4.78 is 0. The van der Waals surface area contributed by atoms with E-state index in [9.17, 15) is 9.59 Å². The van der Waals surface area contributed by atoms with Crippen LogP contribution in [0.15, 0.2) is 77.5 Å². The molecule has 2 aromatic carbocycles. The van der Waals surface area contributed by atoms with Gasteiger partial charge >= 0.3 is 0 Å². The average molecular weight is 430 g/mol. The summed E-state index contributed by atoms with van der Waals surface area (Å²) in [4.78, 5) is 25.5. The van der Waals surface area contributed by atoms with Crippen molar-refractivity contribution in [2.45, 2.75) is 6.54 Å². The summed E-state index contributed by atoms with van der Waals surface area (Å²) in [7, 11) is 0. The standard InChI is InChI=1S/C22H18N6O2S/c29-20(11-8-17-12-13-31-15-17)23-25-22(30)19-9-6-16(7-10-19)14-28-26-21(24-27-28)18-4-2-1-3-5-18/h1-13,15H,14H2,(H,23,29)(H,25,30)/b11-8+. The lowest BCUT2D eigenvalue weighted by atomic mass is 10.1. The number of aromatic nitrogens is 4. The van der Waals surface area contributed by atoms with Crippen LogP contribution in [0.1, 0.15) is 21.5 Å². The second-order valence-electron chi connectivity index (χ2n) is 6.54. The molecule has 2 amide bonds. The van der Waals surface area contributed by atoms with Gasteiger partial charge in [0.05, 0.1) is 6.54 Å². The molecule has 0 fully saturated rings. The van der Waals surface area contributed by atoms with Crippen molar-refractivity contribution in [1.82, 2.24) is 31.1 Å². The number of hydrogen-bond acceptors (Lipinski definition) is 6. The van der Waals surface area contributed by atoms with E-state index in [0.717, 1.165) is 16.7 Å². The maximum absolute atomic E-state index is 12.2. The van der Waals surface area contributed by atoms with Gasteiger partial charge in [0.1, 0.15) is 0 Å². The van der Waals surface area contributed by atoms with Gasteiger partial charge in [-0.25, -0.2) is 0 Å². The molecule has 2 aromatic heterocycles. The van der Waals surface area contributed by atoms with Crippen LogP contribution < -0.4 is 10.9 Å². The van der Waals surface area contributed by atoms with Crippen molar-refractivity contribution < 1.29 is 9.59 Å². The van der Waals surface area contributed by atoms with Gasteiger partial charge in [0.15, 0.2) is 0 Å². The number of nitrogens with zero attached hydrogens (tertiary/aromatic N) is 4. The molecule has 0 aliphatic heterocycles. The Bertz CT molecular complexity index is 1180. The SMILES string of the molecule is O=C(/C=C/c1ccsc1)NNC(=O)c1ccc(Cn2nnc(-c3ccccc3)n2)cc1. The van der Waals surface area contributed by atoms with Gasteiger partial charge in [0.25, 0.3) is 11.8 Å². The van der Waals surface area contributed by atoms with E-state index in [1.54, 1.807) is 41.7 Å². The molecule has 2 N–H and O–H groups in total. The molecule has 0 bridgehead atoms. The predicted octanol–water partition coefficient (Wildman–Crippen LogP) is 2.92. The molecule has 0 saturated carbocycles. The smallest absolute Gasteiger partial charge is 0.268 e. The highest BCUT2D eigenvalue weighted by Crippen LogP contribution is 2.13. The van der Waals surface area contributed by atoms with E-state index in [4.69, 9.17) is 0 Å². The maximum Gasteiger partial charge on any atom is 0.269 e. The molecule has 8 nitrogen and oxygen atoms in total. The number of carbonyl (C=O) groups excluding carboxylic acids is 2. The second-order valence-corrected chi connectivity index (χ2v) is 7.32. The lowest BCUT2D eigenvalue weighted by Gasteiger charge is -2.06. The predicted molar refractivity (Wildman–Crippen MR) is 118 cm³/mol. The molecule has 2 heterocycles. The highest BCUT2D eigenvalue weighted by atomic mass is 32.1. The zero-order chi connectivity index (χ0) is 21.5. The minimum atomic E-state index is -0.414. The number of tetrazole rings is 1. The zero-order valence-corrected chi connectivity index (χ0v) is 17.1. The first-order valence-electron chi connectivity index (χ1n) is 9.40. The number of thiophene rings is 1. The van der Waals surface area contributed by atoms with Crippen LogP contribution in [0.25, 0.3) is 17.5 Å². The number of carbonyl (C=O) groups is 2. The number of benzene rings is 2. The monoisotopic (exact) mass is 430 g/mol. The first-order valence-corrected chi connectivity index (χ1v) is 10.3. The minimum Gasteiger partial charge on any atom is -0.268 e. The van der Waals surface area contributed by atoms with Gasteiger partial charge in [-0.3, -0.25) is 20.4 Å². The van der Waals surface area contributed by atoms with Crippen molar-refractivity contribution in [1.29, 1.82) is 0 Å². The van der Waals surface area contributed by atoms with Crippen molar-refractivity contribution in [3.05, 3.63) is 94.2 Å². The molecule has 0 aliphatic rings. The van der Waals surface area contributed by atoms with E-state index in [1.807, 2.05) is 47.2 Å². The summed E-state index contributed by atoms with van der Waals surface area (Å²) in [5.41, 5.74) is 7.91. The van der Waals surface area contributed by atoms with E-state index in [-0.39, 0.29) is 0 Å². The first kappa shape index (κ1) is 20.2. The minimum absolute atomic E-state index is 0.408. The number of hydrogen-bond donors (Lipinski definition) is 2.